The van der Waals surface area contributed by atoms with Crippen LogP contribution in [0.4, 0.5) is 0 Å². The Labute approximate surface area is 125 Å². The highest BCUT2D eigenvalue weighted by molar-refractivity contribution is 8.23. The molecule has 0 aromatic heterocycles. The van der Waals surface area contributed by atoms with Gasteiger partial charge in [0.15, 0.2) is 5.70 Å². The Bertz CT molecular complexity index is 488. The van der Waals surface area contributed by atoms with E-state index in [1.54, 1.807) is 6.92 Å². The zero-order chi connectivity index (χ0) is 14.4. The third kappa shape index (κ3) is 2.14. The Balaban J connectivity index is 1.81. The predicted octanol–water partition coefficient (Wildman–Crippen LogP) is 0.595. The van der Waals surface area contributed by atoms with E-state index in [-0.39, 0.29) is 22.4 Å². The Morgan fingerprint density at radius 3 is 2.90 bits per heavy atom. The monoisotopic (exact) mass is 316 g/mol. The van der Waals surface area contributed by atoms with Crippen LogP contribution in [-0.2, 0) is 9.59 Å². The van der Waals surface area contributed by atoms with Gasteiger partial charge in [-0.05, 0) is 26.3 Å². The first kappa shape index (κ1) is 14.2. The lowest BCUT2D eigenvalue weighted by atomic mass is 9.92. The number of carbonyl (C=O) groups is 2. The molecule has 20 heavy (non-hydrogen) atoms. The second-order valence-electron chi connectivity index (χ2n) is 5.13. The summed E-state index contributed by atoms with van der Waals surface area (Å²) in [4.78, 5) is 24.8. The maximum absolute atomic E-state index is 12.0. The third-order valence-electron chi connectivity index (χ3n) is 3.73. The molecule has 0 aliphatic carbocycles. The molecule has 0 unspecified atom stereocenters. The molecule has 3 aliphatic heterocycles. The number of hydrogen-bond donors (Lipinski definition) is 3. The maximum Gasteiger partial charge on any atom is 0.354 e. The number of carbonyl (C=O) groups excluding carboxylic acids is 1. The molecule has 4 atom stereocenters. The van der Waals surface area contributed by atoms with Crippen LogP contribution in [0.2, 0.25) is 0 Å². The summed E-state index contributed by atoms with van der Waals surface area (Å²) in [5.41, 5.74) is 0.0839. The summed E-state index contributed by atoms with van der Waals surface area (Å²) in [7, 11) is 0. The van der Waals surface area contributed by atoms with Gasteiger partial charge in [-0.25, -0.2) is 4.79 Å². The molecule has 0 aromatic rings. The zero-order valence-corrected chi connectivity index (χ0v) is 12.5. The van der Waals surface area contributed by atoms with Crippen molar-refractivity contribution in [3.05, 3.63) is 9.93 Å². The van der Waals surface area contributed by atoms with Crippen LogP contribution in [0.3, 0.4) is 0 Å². The van der Waals surface area contributed by atoms with E-state index in [1.165, 1.54) is 28.4 Å². The van der Waals surface area contributed by atoms with Crippen molar-refractivity contribution in [3.8, 4) is 0 Å². The normalized spacial score (nSPS) is 34.2. The van der Waals surface area contributed by atoms with Crippen molar-refractivity contribution in [1.29, 1.82) is 0 Å². The number of β-lactam (4-membered cyclic amide) rings is 1. The number of carboxylic acids is 1. The van der Waals surface area contributed by atoms with Gasteiger partial charge in [0, 0.05) is 0 Å². The standard InChI is InChI=1S/C12H16N2O4S2/c1-5(15)7-9(16)14-8(11(17)18)12(20-10(7)14)19-6-3-2-4-13-6/h5-7,10,13,15H,2-4H2,1H3,(H,17,18)/t5-,6+,7+,10-/m1/s1. The highest BCUT2D eigenvalue weighted by Crippen LogP contribution is 2.54. The van der Waals surface area contributed by atoms with Crippen LogP contribution in [0.1, 0.15) is 19.8 Å². The average Bonchev–Trinajstić information content (AvgIpc) is 2.95. The second kappa shape index (κ2) is 5.25. The first-order valence-electron chi connectivity index (χ1n) is 6.56. The van der Waals surface area contributed by atoms with Gasteiger partial charge in [-0.2, -0.15) is 0 Å². The summed E-state index contributed by atoms with van der Waals surface area (Å²) in [6, 6.07) is 0. The Morgan fingerprint density at radius 1 is 1.60 bits per heavy atom. The lowest BCUT2D eigenvalue weighted by molar-refractivity contribution is -0.156. The van der Waals surface area contributed by atoms with Gasteiger partial charge >= 0.3 is 5.97 Å². The fraction of sp³-hybridized carbons (Fsp3) is 0.667. The van der Waals surface area contributed by atoms with E-state index in [0.29, 0.717) is 4.24 Å². The van der Waals surface area contributed by atoms with Crippen molar-refractivity contribution in [2.75, 3.05) is 6.54 Å². The van der Waals surface area contributed by atoms with E-state index in [9.17, 15) is 19.8 Å². The molecule has 0 aromatic carbocycles. The fourth-order valence-corrected chi connectivity index (χ4v) is 5.94. The first-order valence-corrected chi connectivity index (χ1v) is 8.32. The van der Waals surface area contributed by atoms with Crippen molar-refractivity contribution in [3.63, 3.8) is 0 Å². The number of fused-ring (bicyclic) bond motifs is 1. The van der Waals surface area contributed by atoms with Crippen LogP contribution in [0.15, 0.2) is 9.93 Å². The number of aliphatic hydroxyl groups is 1. The Kier molecular flexibility index (Phi) is 3.74. The van der Waals surface area contributed by atoms with Gasteiger partial charge in [0.2, 0.25) is 5.91 Å². The SMILES string of the molecule is C[C@@H](O)[C@H]1C(=O)N2C(C(=O)O)=C(S[C@H]3CCCN3)S[C@H]12. The number of aliphatic hydroxyl groups excluding tert-OH is 1. The van der Waals surface area contributed by atoms with Crippen molar-refractivity contribution in [2.24, 2.45) is 5.92 Å². The average molecular weight is 316 g/mol. The van der Waals surface area contributed by atoms with Gasteiger partial charge in [-0.15, -0.1) is 0 Å². The lowest BCUT2D eigenvalue weighted by Crippen LogP contribution is -2.60. The minimum absolute atomic E-state index is 0.0839. The number of carboxylic acid groups (broad SMARTS) is 1. The van der Waals surface area contributed by atoms with E-state index in [4.69, 9.17) is 0 Å². The summed E-state index contributed by atoms with van der Waals surface area (Å²) in [5.74, 6) is -1.85. The van der Waals surface area contributed by atoms with E-state index in [1.807, 2.05) is 0 Å². The Hall–Kier alpha value is -0.700. The number of aliphatic carboxylic acids is 1. The molecule has 3 rings (SSSR count). The largest absolute Gasteiger partial charge is 0.477 e. The van der Waals surface area contributed by atoms with Crippen LogP contribution >= 0.6 is 23.5 Å². The van der Waals surface area contributed by atoms with Crippen LogP contribution in [-0.4, -0.2) is 50.4 Å². The van der Waals surface area contributed by atoms with E-state index >= 15 is 0 Å². The van der Waals surface area contributed by atoms with Gasteiger partial charge in [-0.1, -0.05) is 23.5 Å². The summed E-state index contributed by atoms with van der Waals surface area (Å²) < 4.78 is 0.679. The molecular weight excluding hydrogens is 300 g/mol. The molecule has 6 nitrogen and oxygen atoms in total. The number of nitrogens with one attached hydrogen (secondary N) is 1. The summed E-state index contributed by atoms with van der Waals surface area (Å²) in [6.07, 6.45) is 1.33. The van der Waals surface area contributed by atoms with Crippen LogP contribution in [0.25, 0.3) is 0 Å². The molecule has 8 heteroatoms. The van der Waals surface area contributed by atoms with E-state index in [2.05, 4.69) is 5.32 Å². The smallest absolute Gasteiger partial charge is 0.354 e. The fourth-order valence-electron chi connectivity index (χ4n) is 2.71. The molecular formula is C12H16N2O4S2. The van der Waals surface area contributed by atoms with Gasteiger partial charge in [0.25, 0.3) is 0 Å². The number of rotatable bonds is 4. The molecule has 0 spiro atoms. The van der Waals surface area contributed by atoms with Crippen LogP contribution < -0.4 is 5.32 Å². The number of thioether (sulfide) groups is 2. The van der Waals surface area contributed by atoms with Gasteiger partial charge in [-0.3, -0.25) is 9.69 Å². The molecule has 0 bridgehead atoms. The summed E-state index contributed by atoms with van der Waals surface area (Å²) >= 11 is 2.88. The Morgan fingerprint density at radius 2 is 2.35 bits per heavy atom. The molecule has 110 valence electrons. The molecule has 1 amide bonds. The first-order chi connectivity index (χ1) is 9.50. The van der Waals surface area contributed by atoms with Crippen molar-refractivity contribution in [1.82, 2.24) is 10.2 Å². The van der Waals surface area contributed by atoms with Gasteiger partial charge in [0.05, 0.1) is 21.6 Å². The van der Waals surface area contributed by atoms with E-state index in [0.717, 1.165) is 19.4 Å². The molecule has 2 saturated heterocycles. The topological polar surface area (TPSA) is 89.9 Å². The van der Waals surface area contributed by atoms with Gasteiger partial charge in [0.1, 0.15) is 5.37 Å². The van der Waals surface area contributed by atoms with Crippen molar-refractivity contribution in [2.45, 2.75) is 36.6 Å². The zero-order valence-electron chi connectivity index (χ0n) is 10.9. The van der Waals surface area contributed by atoms with E-state index < -0.39 is 18.0 Å². The van der Waals surface area contributed by atoms with Crippen LogP contribution in [0.5, 0.6) is 0 Å². The maximum atomic E-state index is 12.0. The minimum Gasteiger partial charge on any atom is -0.477 e. The van der Waals surface area contributed by atoms with Crippen molar-refractivity contribution >= 4 is 35.4 Å². The second-order valence-corrected chi connectivity index (χ2v) is 7.73. The highest BCUT2D eigenvalue weighted by Gasteiger charge is 2.57. The number of nitrogens with zero attached hydrogens (tertiary/aromatic N) is 1. The molecule has 3 aliphatic rings. The van der Waals surface area contributed by atoms with Gasteiger partial charge < -0.3 is 15.5 Å². The van der Waals surface area contributed by atoms with Crippen molar-refractivity contribution < 1.29 is 19.8 Å². The number of hydrogen-bond acceptors (Lipinski definition) is 6. The minimum atomic E-state index is -1.07. The van der Waals surface area contributed by atoms with Crippen LogP contribution in [0, 0.1) is 5.92 Å². The third-order valence-corrected chi connectivity index (χ3v) is 6.56. The predicted molar refractivity (Wildman–Crippen MR) is 76.7 cm³/mol. The molecule has 0 radical (unpaired) electrons. The molecule has 3 heterocycles. The number of amides is 1. The molecule has 2 fully saturated rings. The molecule has 3 N–H and O–H groups in total. The molecule has 0 saturated carbocycles. The lowest BCUT2D eigenvalue weighted by Gasteiger charge is -2.43. The quantitative estimate of drug-likeness (QED) is 0.654. The summed E-state index contributed by atoms with van der Waals surface area (Å²) in [5, 5.41) is 22.3. The summed E-state index contributed by atoms with van der Waals surface area (Å²) in [6.45, 7) is 2.52. The highest BCUT2D eigenvalue weighted by atomic mass is 32.2.